The molecule has 128 valence electrons. The number of benzene rings is 2. The van der Waals surface area contributed by atoms with Crippen molar-refractivity contribution in [3.05, 3.63) is 73.2 Å². The van der Waals surface area contributed by atoms with Crippen molar-refractivity contribution in [2.75, 3.05) is 17.7 Å². The second-order valence-corrected chi connectivity index (χ2v) is 5.62. The van der Waals surface area contributed by atoms with E-state index in [2.05, 4.69) is 25.6 Å². The number of hydrogen-bond acceptors (Lipinski definition) is 6. The standard InChI is InChI=1S/C20H17N5O/c1-26-17-10-3-2-8-15(17)24-18-12-19(23-13-22-18)25-16-9-4-6-14-7-5-11-21-20(14)16/h2-13H,1H3,(H2,22,23,24,25). The van der Waals surface area contributed by atoms with E-state index in [9.17, 15) is 0 Å². The molecule has 0 spiro atoms. The lowest BCUT2D eigenvalue weighted by atomic mass is 10.2. The SMILES string of the molecule is COc1ccccc1Nc1cc(Nc2cccc3cccnc23)ncn1. The first kappa shape index (κ1) is 15.8. The van der Waals surface area contributed by atoms with E-state index < -0.39 is 0 Å². The van der Waals surface area contributed by atoms with Crippen molar-refractivity contribution in [1.29, 1.82) is 0 Å². The van der Waals surface area contributed by atoms with Gasteiger partial charge in [-0.3, -0.25) is 4.98 Å². The van der Waals surface area contributed by atoms with Crippen molar-refractivity contribution in [3.63, 3.8) is 0 Å². The summed E-state index contributed by atoms with van der Waals surface area (Å²) in [4.78, 5) is 13.0. The molecule has 2 aromatic carbocycles. The van der Waals surface area contributed by atoms with Crippen LogP contribution in [0.2, 0.25) is 0 Å². The summed E-state index contributed by atoms with van der Waals surface area (Å²) in [5, 5.41) is 7.64. The molecule has 0 saturated heterocycles. The average Bonchev–Trinajstić information content (AvgIpc) is 2.69. The summed E-state index contributed by atoms with van der Waals surface area (Å²) >= 11 is 0. The van der Waals surface area contributed by atoms with Gasteiger partial charge in [-0.2, -0.15) is 0 Å². The number of para-hydroxylation sites is 3. The fraction of sp³-hybridized carbons (Fsp3) is 0.0500. The smallest absolute Gasteiger partial charge is 0.142 e. The fourth-order valence-electron chi connectivity index (χ4n) is 2.72. The quantitative estimate of drug-likeness (QED) is 0.555. The molecule has 0 radical (unpaired) electrons. The summed E-state index contributed by atoms with van der Waals surface area (Å²) in [6, 6.07) is 19.5. The number of pyridine rings is 1. The number of rotatable bonds is 5. The molecule has 4 rings (SSSR count). The maximum Gasteiger partial charge on any atom is 0.142 e. The molecule has 0 amide bonds. The molecule has 6 heteroatoms. The molecule has 0 bridgehead atoms. The van der Waals surface area contributed by atoms with Gasteiger partial charge in [-0.1, -0.05) is 30.3 Å². The summed E-state index contributed by atoms with van der Waals surface area (Å²) in [5.74, 6) is 2.09. The summed E-state index contributed by atoms with van der Waals surface area (Å²) < 4.78 is 5.36. The van der Waals surface area contributed by atoms with E-state index in [0.29, 0.717) is 11.6 Å². The Morgan fingerprint density at radius 3 is 2.35 bits per heavy atom. The fourth-order valence-corrected chi connectivity index (χ4v) is 2.72. The van der Waals surface area contributed by atoms with Gasteiger partial charge < -0.3 is 15.4 Å². The van der Waals surface area contributed by atoms with Gasteiger partial charge in [0.1, 0.15) is 23.7 Å². The van der Waals surface area contributed by atoms with E-state index in [1.165, 1.54) is 6.33 Å². The zero-order chi connectivity index (χ0) is 17.8. The Hall–Kier alpha value is -3.67. The number of aromatic nitrogens is 3. The molecule has 0 unspecified atom stereocenters. The van der Waals surface area contributed by atoms with Crippen LogP contribution in [-0.4, -0.2) is 22.1 Å². The van der Waals surface area contributed by atoms with Crippen LogP contribution in [0.25, 0.3) is 10.9 Å². The zero-order valence-electron chi connectivity index (χ0n) is 14.2. The van der Waals surface area contributed by atoms with Gasteiger partial charge in [0.15, 0.2) is 0 Å². The number of ether oxygens (including phenoxy) is 1. The van der Waals surface area contributed by atoms with Crippen LogP contribution in [0.4, 0.5) is 23.0 Å². The molecule has 0 atom stereocenters. The lowest BCUT2D eigenvalue weighted by molar-refractivity contribution is 0.417. The molecule has 2 heterocycles. The molecule has 0 aliphatic heterocycles. The highest BCUT2D eigenvalue weighted by molar-refractivity contribution is 5.91. The second-order valence-electron chi connectivity index (χ2n) is 5.62. The normalized spacial score (nSPS) is 10.5. The maximum atomic E-state index is 5.36. The highest BCUT2D eigenvalue weighted by atomic mass is 16.5. The Morgan fingerprint density at radius 2 is 1.50 bits per heavy atom. The van der Waals surface area contributed by atoms with E-state index in [-0.39, 0.29) is 0 Å². The van der Waals surface area contributed by atoms with Gasteiger partial charge in [-0.25, -0.2) is 9.97 Å². The predicted octanol–water partition coefficient (Wildman–Crippen LogP) is 4.52. The second kappa shape index (κ2) is 7.06. The molecular weight excluding hydrogens is 326 g/mol. The van der Waals surface area contributed by atoms with Gasteiger partial charge in [0.05, 0.1) is 24.0 Å². The van der Waals surface area contributed by atoms with E-state index >= 15 is 0 Å². The van der Waals surface area contributed by atoms with Crippen molar-refractivity contribution in [2.45, 2.75) is 0 Å². The summed E-state index contributed by atoms with van der Waals surface area (Å²) in [6.07, 6.45) is 3.29. The molecule has 2 N–H and O–H groups in total. The molecule has 2 aromatic heterocycles. The van der Waals surface area contributed by atoms with E-state index in [1.54, 1.807) is 13.3 Å². The van der Waals surface area contributed by atoms with E-state index in [0.717, 1.165) is 28.0 Å². The first-order chi connectivity index (χ1) is 12.8. The summed E-state index contributed by atoms with van der Waals surface area (Å²) in [5.41, 5.74) is 2.63. The number of fused-ring (bicyclic) bond motifs is 1. The molecule has 0 aliphatic carbocycles. The molecule has 26 heavy (non-hydrogen) atoms. The number of methoxy groups -OCH3 is 1. The number of anilines is 4. The minimum atomic E-state index is 0.667. The predicted molar refractivity (Wildman–Crippen MR) is 103 cm³/mol. The summed E-state index contributed by atoms with van der Waals surface area (Å²) in [7, 11) is 1.64. The van der Waals surface area contributed by atoms with Gasteiger partial charge in [0.25, 0.3) is 0 Å². The Labute approximate surface area is 150 Å². The lowest BCUT2D eigenvalue weighted by Gasteiger charge is -2.12. The zero-order valence-corrected chi connectivity index (χ0v) is 14.2. The van der Waals surface area contributed by atoms with Crippen LogP contribution in [0, 0.1) is 0 Å². The van der Waals surface area contributed by atoms with Gasteiger partial charge >= 0.3 is 0 Å². The molecule has 0 aliphatic rings. The number of hydrogen-bond donors (Lipinski definition) is 2. The molecule has 0 saturated carbocycles. The van der Waals surface area contributed by atoms with Crippen molar-refractivity contribution in [2.24, 2.45) is 0 Å². The van der Waals surface area contributed by atoms with Crippen LogP contribution in [-0.2, 0) is 0 Å². The van der Waals surface area contributed by atoms with Crippen LogP contribution in [0.1, 0.15) is 0 Å². The highest BCUT2D eigenvalue weighted by Gasteiger charge is 2.06. The van der Waals surface area contributed by atoms with Gasteiger partial charge in [0.2, 0.25) is 0 Å². The van der Waals surface area contributed by atoms with Gasteiger partial charge in [0, 0.05) is 17.6 Å². The molecular formula is C20H17N5O. The van der Waals surface area contributed by atoms with E-state index in [4.69, 9.17) is 4.74 Å². The minimum Gasteiger partial charge on any atom is -0.495 e. The third-order valence-electron chi connectivity index (χ3n) is 3.93. The van der Waals surface area contributed by atoms with Crippen LogP contribution in [0.15, 0.2) is 73.2 Å². The Bertz CT molecular complexity index is 1050. The summed E-state index contributed by atoms with van der Waals surface area (Å²) in [6.45, 7) is 0. The van der Waals surface area contributed by atoms with Crippen LogP contribution in [0.3, 0.4) is 0 Å². The Kier molecular flexibility index (Phi) is 4.30. The third-order valence-corrected chi connectivity index (χ3v) is 3.93. The molecule has 4 aromatic rings. The van der Waals surface area contributed by atoms with Crippen molar-refractivity contribution in [1.82, 2.24) is 15.0 Å². The largest absolute Gasteiger partial charge is 0.495 e. The lowest BCUT2D eigenvalue weighted by Crippen LogP contribution is -2.00. The monoisotopic (exact) mass is 343 g/mol. The van der Waals surface area contributed by atoms with Crippen LogP contribution < -0.4 is 15.4 Å². The van der Waals surface area contributed by atoms with Crippen LogP contribution >= 0.6 is 0 Å². The van der Waals surface area contributed by atoms with Crippen LogP contribution in [0.5, 0.6) is 5.75 Å². The molecule has 0 fully saturated rings. The third kappa shape index (κ3) is 3.25. The Balaban J connectivity index is 1.62. The number of nitrogens with one attached hydrogen (secondary N) is 2. The first-order valence-electron chi connectivity index (χ1n) is 8.16. The average molecular weight is 343 g/mol. The minimum absolute atomic E-state index is 0.667. The first-order valence-corrected chi connectivity index (χ1v) is 8.16. The van der Waals surface area contributed by atoms with Gasteiger partial charge in [-0.05, 0) is 24.3 Å². The highest BCUT2D eigenvalue weighted by Crippen LogP contribution is 2.28. The Morgan fingerprint density at radius 1 is 0.769 bits per heavy atom. The van der Waals surface area contributed by atoms with E-state index in [1.807, 2.05) is 60.7 Å². The maximum absolute atomic E-state index is 5.36. The van der Waals surface area contributed by atoms with Crippen molar-refractivity contribution < 1.29 is 4.74 Å². The molecule has 6 nitrogen and oxygen atoms in total. The van der Waals surface area contributed by atoms with Crippen molar-refractivity contribution in [3.8, 4) is 5.75 Å². The van der Waals surface area contributed by atoms with Gasteiger partial charge in [-0.15, -0.1) is 0 Å². The number of nitrogens with zero attached hydrogens (tertiary/aromatic N) is 3. The topological polar surface area (TPSA) is 72.0 Å². The van der Waals surface area contributed by atoms with Crippen molar-refractivity contribution >= 4 is 33.9 Å².